The summed E-state index contributed by atoms with van der Waals surface area (Å²) in [4.78, 5) is 7.14. The first-order valence-electron chi connectivity index (χ1n) is 10.4. The number of halogens is 1. The Morgan fingerprint density at radius 1 is 1.14 bits per heavy atom. The van der Waals surface area contributed by atoms with Crippen molar-refractivity contribution in [3.05, 3.63) is 63.6 Å². The van der Waals surface area contributed by atoms with E-state index in [0.29, 0.717) is 6.04 Å². The van der Waals surface area contributed by atoms with Gasteiger partial charge in [-0.05, 0) is 48.6 Å². The summed E-state index contributed by atoms with van der Waals surface area (Å²) >= 11 is 3.57. The van der Waals surface area contributed by atoms with E-state index in [0.717, 1.165) is 55.1 Å². The first-order chi connectivity index (χ1) is 14.1. The van der Waals surface area contributed by atoms with E-state index >= 15 is 0 Å². The average molecular weight is 459 g/mol. The third kappa shape index (κ3) is 5.61. The van der Waals surface area contributed by atoms with Gasteiger partial charge in [-0.1, -0.05) is 53.5 Å². The van der Waals surface area contributed by atoms with Crippen LogP contribution in [0.5, 0.6) is 5.75 Å². The van der Waals surface area contributed by atoms with Crippen molar-refractivity contribution < 1.29 is 9.47 Å². The maximum atomic E-state index is 5.85. The van der Waals surface area contributed by atoms with E-state index < -0.39 is 0 Å². The van der Waals surface area contributed by atoms with Crippen molar-refractivity contribution in [1.29, 1.82) is 0 Å². The number of likely N-dealkylation sites (N-methyl/N-ethyl adjacent to an activating group) is 1. The number of aryl methyl sites for hydroxylation is 2. The van der Waals surface area contributed by atoms with Crippen LogP contribution in [-0.4, -0.2) is 50.7 Å². The van der Waals surface area contributed by atoms with Crippen LogP contribution in [0.2, 0.25) is 0 Å². The van der Waals surface area contributed by atoms with Crippen LogP contribution in [0, 0.1) is 0 Å². The SMILES string of the molecule is CCCCOCC1CN=C(c2ccccc2CCc2cc(Br)ccc2OC)N1C. The molecule has 0 fully saturated rings. The maximum Gasteiger partial charge on any atom is 0.131 e. The molecule has 0 radical (unpaired) electrons. The minimum absolute atomic E-state index is 0.320. The second kappa shape index (κ2) is 10.8. The number of unbranched alkanes of at least 4 members (excludes halogenated alkanes) is 1. The standard InChI is InChI=1S/C24H31BrN2O2/c1-4-5-14-29-17-21-16-26-24(27(21)2)22-9-7-6-8-18(22)10-11-19-15-20(25)12-13-23(19)28-3/h6-9,12-13,15,21H,4-5,10-11,14,16-17H2,1-3H3. The number of nitrogens with zero attached hydrogens (tertiary/aromatic N) is 2. The summed E-state index contributed by atoms with van der Waals surface area (Å²) in [6.45, 7) is 4.56. The van der Waals surface area contributed by atoms with Crippen molar-refractivity contribution in [3.8, 4) is 5.75 Å². The molecule has 0 saturated heterocycles. The Morgan fingerprint density at radius 3 is 2.72 bits per heavy atom. The highest BCUT2D eigenvalue weighted by atomic mass is 79.9. The van der Waals surface area contributed by atoms with E-state index in [1.807, 2.05) is 12.1 Å². The van der Waals surface area contributed by atoms with Gasteiger partial charge in [0.1, 0.15) is 11.6 Å². The first kappa shape index (κ1) is 21.8. The Balaban J connectivity index is 1.69. The first-order valence-corrected chi connectivity index (χ1v) is 11.2. The van der Waals surface area contributed by atoms with Crippen LogP contribution in [0.25, 0.3) is 0 Å². The largest absolute Gasteiger partial charge is 0.496 e. The zero-order valence-corrected chi connectivity index (χ0v) is 19.2. The molecule has 0 bridgehead atoms. The average Bonchev–Trinajstić information content (AvgIpc) is 3.10. The molecule has 1 unspecified atom stereocenters. The third-order valence-electron chi connectivity index (χ3n) is 5.45. The summed E-state index contributed by atoms with van der Waals surface area (Å²) in [6.07, 6.45) is 4.14. The summed E-state index contributed by atoms with van der Waals surface area (Å²) < 4.78 is 12.5. The molecule has 1 atom stereocenters. The Kier molecular flexibility index (Phi) is 8.13. The minimum atomic E-state index is 0.320. The van der Waals surface area contributed by atoms with E-state index in [4.69, 9.17) is 14.5 Å². The lowest BCUT2D eigenvalue weighted by Gasteiger charge is -2.24. The van der Waals surface area contributed by atoms with Crippen molar-refractivity contribution in [2.24, 2.45) is 4.99 Å². The number of hydrogen-bond acceptors (Lipinski definition) is 4. The molecule has 0 N–H and O–H groups in total. The number of ether oxygens (including phenoxy) is 2. The van der Waals surface area contributed by atoms with Gasteiger partial charge in [0.15, 0.2) is 0 Å². The quantitative estimate of drug-likeness (QED) is 0.463. The molecule has 1 aliphatic heterocycles. The smallest absolute Gasteiger partial charge is 0.131 e. The van der Waals surface area contributed by atoms with E-state index in [2.05, 4.69) is 65.1 Å². The van der Waals surface area contributed by atoms with Gasteiger partial charge in [0, 0.05) is 23.7 Å². The molecule has 4 nitrogen and oxygen atoms in total. The second-order valence-electron chi connectivity index (χ2n) is 7.47. The summed E-state index contributed by atoms with van der Waals surface area (Å²) in [5.74, 6) is 2.01. The highest BCUT2D eigenvalue weighted by Gasteiger charge is 2.26. The molecule has 0 saturated carbocycles. The number of hydrogen-bond donors (Lipinski definition) is 0. The Labute approximate surface area is 183 Å². The fourth-order valence-corrected chi connectivity index (χ4v) is 4.08. The van der Waals surface area contributed by atoms with Gasteiger partial charge in [0.25, 0.3) is 0 Å². The van der Waals surface area contributed by atoms with Crippen LogP contribution in [-0.2, 0) is 17.6 Å². The molecule has 5 heteroatoms. The molecule has 1 aliphatic rings. The molecular weight excluding hydrogens is 428 g/mol. The predicted octanol–water partition coefficient (Wildman–Crippen LogP) is 5.12. The molecule has 156 valence electrons. The van der Waals surface area contributed by atoms with E-state index in [1.54, 1.807) is 7.11 Å². The summed E-state index contributed by atoms with van der Waals surface area (Å²) in [5, 5.41) is 0. The zero-order valence-electron chi connectivity index (χ0n) is 17.7. The monoisotopic (exact) mass is 458 g/mol. The van der Waals surface area contributed by atoms with Crippen LogP contribution in [0.4, 0.5) is 0 Å². The van der Waals surface area contributed by atoms with Crippen molar-refractivity contribution in [1.82, 2.24) is 4.90 Å². The molecule has 3 rings (SSSR count). The normalized spacial score (nSPS) is 16.2. The molecular formula is C24H31BrN2O2. The highest BCUT2D eigenvalue weighted by molar-refractivity contribution is 9.10. The Hall–Kier alpha value is -1.85. The van der Waals surface area contributed by atoms with Gasteiger partial charge in [-0.15, -0.1) is 0 Å². The fraction of sp³-hybridized carbons (Fsp3) is 0.458. The van der Waals surface area contributed by atoms with Crippen LogP contribution < -0.4 is 4.74 Å². The number of amidine groups is 1. The number of rotatable bonds is 10. The molecule has 2 aromatic rings. The molecule has 0 spiro atoms. The number of methoxy groups -OCH3 is 1. The van der Waals surface area contributed by atoms with Crippen LogP contribution in [0.1, 0.15) is 36.5 Å². The van der Waals surface area contributed by atoms with Crippen LogP contribution in [0.15, 0.2) is 51.9 Å². The fourth-order valence-electron chi connectivity index (χ4n) is 3.67. The summed E-state index contributed by atoms with van der Waals surface area (Å²) in [5.41, 5.74) is 3.74. The summed E-state index contributed by atoms with van der Waals surface area (Å²) in [7, 11) is 3.86. The second-order valence-corrected chi connectivity index (χ2v) is 8.39. The lowest BCUT2D eigenvalue weighted by Crippen LogP contribution is -2.37. The zero-order chi connectivity index (χ0) is 20.6. The lowest BCUT2D eigenvalue weighted by molar-refractivity contribution is 0.0962. The molecule has 0 amide bonds. The number of aliphatic imine (C=N–C) groups is 1. The minimum Gasteiger partial charge on any atom is -0.496 e. The Morgan fingerprint density at radius 2 is 1.93 bits per heavy atom. The van der Waals surface area contributed by atoms with Crippen molar-refractivity contribution in [2.75, 3.05) is 33.9 Å². The van der Waals surface area contributed by atoms with Gasteiger partial charge in [-0.3, -0.25) is 4.99 Å². The van der Waals surface area contributed by atoms with Crippen molar-refractivity contribution in [3.63, 3.8) is 0 Å². The van der Waals surface area contributed by atoms with Crippen LogP contribution in [0.3, 0.4) is 0 Å². The molecule has 1 heterocycles. The Bertz CT molecular complexity index is 837. The molecule has 29 heavy (non-hydrogen) atoms. The molecule has 2 aromatic carbocycles. The third-order valence-corrected chi connectivity index (χ3v) is 5.94. The maximum absolute atomic E-state index is 5.85. The van der Waals surface area contributed by atoms with E-state index in [1.165, 1.54) is 23.1 Å². The molecule has 0 aromatic heterocycles. The van der Waals surface area contributed by atoms with Gasteiger partial charge in [-0.2, -0.15) is 0 Å². The topological polar surface area (TPSA) is 34.1 Å². The van der Waals surface area contributed by atoms with E-state index in [-0.39, 0.29) is 0 Å². The van der Waals surface area contributed by atoms with Gasteiger partial charge < -0.3 is 14.4 Å². The van der Waals surface area contributed by atoms with Crippen molar-refractivity contribution >= 4 is 21.8 Å². The van der Waals surface area contributed by atoms with Crippen molar-refractivity contribution in [2.45, 2.75) is 38.6 Å². The lowest BCUT2D eigenvalue weighted by atomic mass is 9.98. The van der Waals surface area contributed by atoms with Gasteiger partial charge in [0.2, 0.25) is 0 Å². The number of benzene rings is 2. The van der Waals surface area contributed by atoms with Gasteiger partial charge in [-0.25, -0.2) is 0 Å². The van der Waals surface area contributed by atoms with Crippen LogP contribution >= 0.6 is 15.9 Å². The van der Waals surface area contributed by atoms with Gasteiger partial charge >= 0.3 is 0 Å². The van der Waals surface area contributed by atoms with E-state index in [9.17, 15) is 0 Å². The molecule has 0 aliphatic carbocycles. The van der Waals surface area contributed by atoms with Gasteiger partial charge in [0.05, 0.1) is 26.3 Å². The summed E-state index contributed by atoms with van der Waals surface area (Å²) in [6, 6.07) is 15.1. The predicted molar refractivity (Wildman–Crippen MR) is 123 cm³/mol. The highest BCUT2D eigenvalue weighted by Crippen LogP contribution is 2.26.